The molecule has 0 aliphatic heterocycles. The largest absolute Gasteiger partial charge is 0.483 e. The smallest absolute Gasteiger partial charge is 0.314 e. The average Bonchev–Trinajstić information content (AvgIpc) is 3.30. The number of esters is 2. The predicted octanol–water partition coefficient (Wildman–Crippen LogP) is 16.4. The minimum Gasteiger partial charge on any atom is -0.483 e. The van der Waals surface area contributed by atoms with Crippen molar-refractivity contribution in [2.24, 2.45) is 33.9 Å². The zero-order valence-corrected chi connectivity index (χ0v) is 41.5. The maximum absolute atomic E-state index is 13.9. The van der Waals surface area contributed by atoms with Crippen LogP contribution in [0.1, 0.15) is 180 Å². The highest BCUT2D eigenvalue weighted by molar-refractivity contribution is 5.78. The molecule has 2 saturated carbocycles. The molecule has 0 N–H and O–H groups in total. The van der Waals surface area contributed by atoms with Gasteiger partial charge in [-0.15, -0.1) is 5.11 Å². The fourth-order valence-electron chi connectivity index (χ4n) is 9.31. The van der Waals surface area contributed by atoms with E-state index in [2.05, 4.69) is 109 Å². The van der Waals surface area contributed by atoms with E-state index in [1.54, 1.807) is 36.4 Å². The lowest BCUT2D eigenvalue weighted by Crippen LogP contribution is -2.26. The molecule has 0 amide bonds. The maximum Gasteiger partial charge on any atom is 0.314 e. The third kappa shape index (κ3) is 15.0. The standard InChI is InChI=1S/C58H78N2O6/c1-9-11-13-15-41-17-25-45(26-18-41)55(61)65-50-35-33-49(34-36-50)59-60-51-37-38-52(66-56(62)46-27-19-42(20-28-46)16-14-12-10-2)54(64-40-44-23-31-48(32-24-44)58(6,7)8)53(51)63-39-43-21-29-47(30-22-43)57(3,4)5/h21-24,29-38,41-42,45-46H,9-20,25-28,39-40H2,1-8H3. The quantitative estimate of drug-likeness (QED) is 0.0379. The van der Waals surface area contributed by atoms with E-state index in [-0.39, 0.29) is 47.8 Å². The van der Waals surface area contributed by atoms with Crippen molar-refractivity contribution in [3.8, 4) is 23.0 Å². The van der Waals surface area contributed by atoms with Gasteiger partial charge in [0, 0.05) is 0 Å². The number of ether oxygens (including phenoxy) is 4. The van der Waals surface area contributed by atoms with Gasteiger partial charge in [0.25, 0.3) is 0 Å². The molecule has 2 aliphatic rings. The number of rotatable bonds is 20. The van der Waals surface area contributed by atoms with E-state index in [0.717, 1.165) is 68.4 Å². The number of hydrogen-bond donors (Lipinski definition) is 0. The SMILES string of the molecule is CCCCCC1CCC(C(=O)Oc2ccc(N=Nc3ccc(OC(=O)C4CCC(CCCCC)CC4)c(OCc4ccc(C(C)(C)C)cc4)c3OCc3ccc(C(C)(C)C)cc3)cc2)CC1. The second-order valence-corrected chi connectivity index (χ2v) is 21.2. The fraction of sp³-hybridized carbons (Fsp3) is 0.552. The minimum atomic E-state index is -0.240. The van der Waals surface area contributed by atoms with Crippen molar-refractivity contribution in [1.82, 2.24) is 0 Å². The molecule has 0 bridgehead atoms. The highest BCUT2D eigenvalue weighted by atomic mass is 16.6. The monoisotopic (exact) mass is 899 g/mol. The van der Waals surface area contributed by atoms with Crippen LogP contribution in [0, 0.1) is 23.7 Å². The Balaban J connectivity index is 1.24. The Morgan fingerprint density at radius 3 is 1.42 bits per heavy atom. The van der Waals surface area contributed by atoms with Crippen LogP contribution in [-0.4, -0.2) is 11.9 Å². The summed E-state index contributed by atoms with van der Waals surface area (Å²) in [7, 11) is 0. The zero-order valence-electron chi connectivity index (χ0n) is 41.5. The van der Waals surface area contributed by atoms with Gasteiger partial charge in [0.2, 0.25) is 5.75 Å². The number of azo groups is 1. The lowest BCUT2D eigenvalue weighted by Gasteiger charge is -2.27. The van der Waals surface area contributed by atoms with Gasteiger partial charge in [-0.05, 0) is 133 Å². The molecular formula is C58H78N2O6. The summed E-state index contributed by atoms with van der Waals surface area (Å²) in [5.41, 5.74) is 5.42. The van der Waals surface area contributed by atoms with E-state index in [1.807, 2.05) is 0 Å². The van der Waals surface area contributed by atoms with Crippen LogP contribution < -0.4 is 18.9 Å². The van der Waals surface area contributed by atoms with Crippen molar-refractivity contribution >= 4 is 23.3 Å². The summed E-state index contributed by atoms with van der Waals surface area (Å²) in [6, 6.07) is 27.5. The number of carbonyl (C=O) groups is 2. The summed E-state index contributed by atoms with van der Waals surface area (Å²) in [6.07, 6.45) is 17.7. The first-order valence-electron chi connectivity index (χ1n) is 25.3. The van der Waals surface area contributed by atoms with Gasteiger partial charge in [0.1, 0.15) is 24.7 Å². The molecule has 2 fully saturated rings. The molecule has 0 heterocycles. The molecule has 0 radical (unpaired) electrons. The van der Waals surface area contributed by atoms with Gasteiger partial charge in [-0.25, -0.2) is 0 Å². The number of unbranched alkanes of at least 4 members (excludes halogenated alkanes) is 4. The van der Waals surface area contributed by atoms with Crippen LogP contribution in [0.3, 0.4) is 0 Å². The fourth-order valence-corrected chi connectivity index (χ4v) is 9.31. The molecule has 4 aromatic rings. The van der Waals surface area contributed by atoms with E-state index >= 15 is 0 Å². The van der Waals surface area contributed by atoms with Gasteiger partial charge >= 0.3 is 11.9 Å². The molecule has 66 heavy (non-hydrogen) atoms. The van der Waals surface area contributed by atoms with Gasteiger partial charge in [0.05, 0.1) is 17.5 Å². The molecule has 8 nitrogen and oxygen atoms in total. The van der Waals surface area contributed by atoms with Gasteiger partial charge < -0.3 is 18.9 Å². The van der Waals surface area contributed by atoms with Crippen molar-refractivity contribution in [3.05, 3.63) is 107 Å². The molecule has 0 saturated heterocycles. The summed E-state index contributed by atoms with van der Waals surface area (Å²) in [4.78, 5) is 27.1. The normalized spacial score (nSPS) is 19.1. The second-order valence-electron chi connectivity index (χ2n) is 21.2. The van der Waals surface area contributed by atoms with E-state index in [9.17, 15) is 9.59 Å². The molecule has 356 valence electrons. The van der Waals surface area contributed by atoms with Crippen molar-refractivity contribution in [2.45, 2.75) is 182 Å². The molecule has 6 rings (SSSR count). The summed E-state index contributed by atoms with van der Waals surface area (Å²) in [6.45, 7) is 18.1. The van der Waals surface area contributed by atoms with Gasteiger partial charge in [0.15, 0.2) is 11.5 Å². The first kappa shape index (κ1) is 50.4. The Hall–Kier alpha value is -4.98. The van der Waals surface area contributed by atoms with E-state index in [4.69, 9.17) is 24.1 Å². The number of carbonyl (C=O) groups excluding carboxylic acids is 2. The van der Waals surface area contributed by atoms with Crippen molar-refractivity contribution < 1.29 is 28.5 Å². The Morgan fingerprint density at radius 1 is 0.515 bits per heavy atom. The number of nitrogens with zero attached hydrogens (tertiary/aromatic N) is 2. The summed E-state index contributed by atoms with van der Waals surface area (Å²) in [5.74, 6) is 2.20. The molecule has 8 heteroatoms. The van der Waals surface area contributed by atoms with Gasteiger partial charge in [-0.3, -0.25) is 9.59 Å². The highest BCUT2D eigenvalue weighted by Crippen LogP contribution is 2.47. The molecular weight excluding hydrogens is 821 g/mol. The van der Waals surface area contributed by atoms with Crippen LogP contribution in [0.15, 0.2) is 95.2 Å². The Kier molecular flexibility index (Phi) is 18.5. The third-order valence-corrected chi connectivity index (χ3v) is 13.8. The summed E-state index contributed by atoms with van der Waals surface area (Å²) >= 11 is 0. The van der Waals surface area contributed by atoms with Crippen LogP contribution in [0.4, 0.5) is 11.4 Å². The van der Waals surface area contributed by atoms with Crippen molar-refractivity contribution in [1.29, 1.82) is 0 Å². The van der Waals surface area contributed by atoms with Crippen LogP contribution in [0.2, 0.25) is 0 Å². The van der Waals surface area contributed by atoms with Crippen molar-refractivity contribution in [3.63, 3.8) is 0 Å². The van der Waals surface area contributed by atoms with Gasteiger partial charge in [-0.1, -0.05) is 155 Å². The van der Waals surface area contributed by atoms with Crippen LogP contribution in [0.25, 0.3) is 0 Å². The lowest BCUT2D eigenvalue weighted by atomic mass is 9.80. The Morgan fingerprint density at radius 2 is 0.970 bits per heavy atom. The first-order chi connectivity index (χ1) is 31.7. The maximum atomic E-state index is 13.9. The van der Waals surface area contributed by atoms with E-state index < -0.39 is 0 Å². The van der Waals surface area contributed by atoms with Crippen LogP contribution >= 0.6 is 0 Å². The van der Waals surface area contributed by atoms with E-state index in [1.165, 1.54) is 62.5 Å². The zero-order chi connectivity index (χ0) is 47.1. The predicted molar refractivity (Wildman–Crippen MR) is 266 cm³/mol. The highest BCUT2D eigenvalue weighted by Gasteiger charge is 2.30. The molecule has 0 atom stereocenters. The Bertz CT molecular complexity index is 2150. The molecule has 2 aliphatic carbocycles. The summed E-state index contributed by atoms with van der Waals surface area (Å²) in [5, 5.41) is 9.32. The third-order valence-electron chi connectivity index (χ3n) is 13.8. The first-order valence-corrected chi connectivity index (χ1v) is 25.3. The van der Waals surface area contributed by atoms with E-state index in [0.29, 0.717) is 40.3 Å². The van der Waals surface area contributed by atoms with Crippen LogP contribution in [0.5, 0.6) is 23.0 Å². The molecule has 0 aromatic heterocycles. The number of benzene rings is 4. The van der Waals surface area contributed by atoms with Crippen LogP contribution in [-0.2, 0) is 33.6 Å². The lowest BCUT2D eigenvalue weighted by molar-refractivity contribution is -0.141. The second kappa shape index (κ2) is 24.2. The number of hydrogen-bond acceptors (Lipinski definition) is 8. The summed E-state index contributed by atoms with van der Waals surface area (Å²) < 4.78 is 25.5. The Labute approximate surface area is 396 Å². The molecule has 0 unspecified atom stereocenters. The van der Waals surface area contributed by atoms with Crippen molar-refractivity contribution in [2.75, 3.05) is 0 Å². The topological polar surface area (TPSA) is 95.8 Å². The average molecular weight is 899 g/mol. The molecule has 0 spiro atoms. The van der Waals surface area contributed by atoms with Gasteiger partial charge in [-0.2, -0.15) is 5.11 Å². The minimum absolute atomic E-state index is 0.0121. The molecule has 4 aromatic carbocycles.